The molecule has 0 aromatic carbocycles. The zero-order valence-corrected chi connectivity index (χ0v) is 10.9. The largest absolute Gasteiger partial charge is 0.331 e. The Labute approximate surface area is 96.5 Å². The number of nitrogens with one attached hydrogen (secondary N) is 1. The number of unbranched alkanes of at least 4 members (excludes halogenated alkanes) is 1. The van der Waals surface area contributed by atoms with Crippen LogP contribution in [0.5, 0.6) is 0 Å². The number of carbonyl (C=O) groups excluding carboxylic acids is 1. The summed E-state index contributed by atoms with van der Waals surface area (Å²) >= 11 is 1.61. The monoisotopic (exact) mass is 231 g/mol. The Morgan fingerprint density at radius 3 is 2.53 bits per heavy atom. The van der Waals surface area contributed by atoms with Crippen molar-refractivity contribution in [1.29, 1.82) is 0 Å². The molecule has 0 unspecified atom stereocenters. The topological polar surface area (TPSA) is 44.7 Å². The lowest BCUT2D eigenvalue weighted by Gasteiger charge is -2.13. The Morgan fingerprint density at radius 2 is 2.07 bits per heavy atom. The summed E-state index contributed by atoms with van der Waals surface area (Å²) in [7, 11) is 3.44. The van der Waals surface area contributed by atoms with Gasteiger partial charge in [0.15, 0.2) is 5.17 Å². The van der Waals surface area contributed by atoms with Crippen LogP contribution in [0.1, 0.15) is 26.7 Å². The van der Waals surface area contributed by atoms with Gasteiger partial charge in [-0.3, -0.25) is 10.3 Å². The van der Waals surface area contributed by atoms with Crippen LogP contribution < -0.4 is 5.32 Å². The standard InChI is InChI=1S/C10H21N3OS/c1-5-7-8-15-9(11-6-2)12-10(14)13(3)4/h5-8H2,1-4H3,(H,11,12,14). The molecule has 0 aliphatic heterocycles. The average Bonchev–Trinajstić information content (AvgIpc) is 2.18. The fourth-order valence-corrected chi connectivity index (χ4v) is 1.79. The molecule has 0 aromatic rings. The quantitative estimate of drug-likeness (QED) is 0.458. The van der Waals surface area contributed by atoms with Crippen LogP contribution in [0.2, 0.25) is 0 Å². The van der Waals surface area contributed by atoms with Gasteiger partial charge in [-0.1, -0.05) is 25.1 Å². The fraction of sp³-hybridized carbons (Fsp3) is 0.800. The van der Waals surface area contributed by atoms with Gasteiger partial charge in [-0.15, -0.1) is 0 Å². The number of rotatable bonds is 4. The zero-order valence-electron chi connectivity index (χ0n) is 10.0. The van der Waals surface area contributed by atoms with E-state index in [0.29, 0.717) is 6.54 Å². The number of thioether (sulfide) groups is 1. The summed E-state index contributed by atoms with van der Waals surface area (Å²) in [6, 6.07) is -0.119. The van der Waals surface area contributed by atoms with E-state index in [9.17, 15) is 4.79 Å². The zero-order chi connectivity index (χ0) is 11.7. The number of hydrogen-bond acceptors (Lipinski definition) is 3. The van der Waals surface area contributed by atoms with Crippen LogP contribution >= 0.6 is 11.8 Å². The molecule has 0 aliphatic rings. The molecule has 0 fully saturated rings. The number of nitrogens with zero attached hydrogens (tertiary/aromatic N) is 2. The fourth-order valence-electron chi connectivity index (χ4n) is 0.781. The number of hydrogen-bond donors (Lipinski definition) is 1. The molecule has 0 radical (unpaired) electrons. The molecule has 0 saturated heterocycles. The van der Waals surface area contributed by atoms with E-state index in [1.807, 2.05) is 6.92 Å². The van der Waals surface area contributed by atoms with Gasteiger partial charge in [-0.25, -0.2) is 4.79 Å². The highest BCUT2D eigenvalue weighted by Gasteiger charge is 2.07. The SMILES string of the molecule is CCCCSC(=NCC)NC(=O)N(C)C. The second-order valence-corrected chi connectivity index (χ2v) is 4.39. The molecule has 88 valence electrons. The minimum Gasteiger partial charge on any atom is -0.331 e. The third kappa shape index (κ3) is 7.25. The molecule has 0 saturated carbocycles. The maximum atomic E-state index is 11.4. The first kappa shape index (κ1) is 14.3. The maximum Gasteiger partial charge on any atom is 0.322 e. The normalized spacial score (nSPS) is 11.3. The van der Waals surface area contributed by atoms with Crippen LogP contribution in [-0.4, -0.2) is 42.5 Å². The van der Waals surface area contributed by atoms with Crippen LogP contribution in [0.25, 0.3) is 0 Å². The van der Waals surface area contributed by atoms with E-state index in [1.54, 1.807) is 25.9 Å². The predicted molar refractivity (Wildman–Crippen MR) is 67.6 cm³/mol. The molecule has 15 heavy (non-hydrogen) atoms. The minimum atomic E-state index is -0.119. The van der Waals surface area contributed by atoms with Gasteiger partial charge < -0.3 is 4.90 Å². The maximum absolute atomic E-state index is 11.4. The van der Waals surface area contributed by atoms with E-state index in [1.165, 1.54) is 4.90 Å². The van der Waals surface area contributed by atoms with Gasteiger partial charge >= 0.3 is 6.03 Å². The number of carbonyl (C=O) groups is 1. The first-order valence-electron chi connectivity index (χ1n) is 5.27. The third-order valence-corrected chi connectivity index (χ3v) is 2.66. The van der Waals surface area contributed by atoms with E-state index < -0.39 is 0 Å². The molecule has 0 bridgehead atoms. The van der Waals surface area contributed by atoms with E-state index in [-0.39, 0.29) is 6.03 Å². The van der Waals surface area contributed by atoms with Crippen molar-refractivity contribution < 1.29 is 4.79 Å². The van der Waals surface area contributed by atoms with Gasteiger partial charge in [0.1, 0.15) is 0 Å². The van der Waals surface area contributed by atoms with Crippen LogP contribution in [-0.2, 0) is 0 Å². The van der Waals surface area contributed by atoms with Crippen molar-refractivity contribution >= 4 is 23.0 Å². The Bertz CT molecular complexity index is 217. The average molecular weight is 231 g/mol. The number of urea groups is 1. The van der Waals surface area contributed by atoms with Gasteiger partial charge in [-0.2, -0.15) is 0 Å². The second-order valence-electron chi connectivity index (χ2n) is 3.31. The highest BCUT2D eigenvalue weighted by Crippen LogP contribution is 2.06. The van der Waals surface area contributed by atoms with Crippen molar-refractivity contribution in [2.24, 2.45) is 4.99 Å². The lowest BCUT2D eigenvalue weighted by Crippen LogP contribution is -2.37. The first-order chi connectivity index (χ1) is 7.11. The highest BCUT2D eigenvalue weighted by atomic mass is 32.2. The van der Waals surface area contributed by atoms with Crippen molar-refractivity contribution in [1.82, 2.24) is 10.2 Å². The van der Waals surface area contributed by atoms with Gasteiger partial charge in [0.25, 0.3) is 0 Å². The molecule has 4 nitrogen and oxygen atoms in total. The summed E-state index contributed by atoms with van der Waals surface area (Å²) in [6.07, 6.45) is 2.30. The summed E-state index contributed by atoms with van der Waals surface area (Å²) in [4.78, 5) is 17.1. The van der Waals surface area contributed by atoms with Gasteiger partial charge in [0.2, 0.25) is 0 Å². The van der Waals surface area contributed by atoms with Crippen molar-refractivity contribution in [3.05, 3.63) is 0 Å². The highest BCUT2D eigenvalue weighted by molar-refractivity contribution is 8.13. The minimum absolute atomic E-state index is 0.119. The number of aliphatic imine (C=N–C) groups is 1. The number of amidine groups is 1. The Morgan fingerprint density at radius 1 is 1.40 bits per heavy atom. The van der Waals surface area contributed by atoms with Gasteiger partial charge in [0.05, 0.1) is 0 Å². The van der Waals surface area contributed by atoms with Crippen LogP contribution in [0.15, 0.2) is 4.99 Å². The second kappa shape index (κ2) is 8.59. The van der Waals surface area contributed by atoms with Gasteiger partial charge in [0, 0.05) is 26.4 Å². The summed E-state index contributed by atoms with van der Waals surface area (Å²) in [6.45, 7) is 4.81. The summed E-state index contributed by atoms with van der Waals surface area (Å²) in [5.74, 6) is 1.00. The van der Waals surface area contributed by atoms with E-state index >= 15 is 0 Å². The van der Waals surface area contributed by atoms with Crippen molar-refractivity contribution in [3.63, 3.8) is 0 Å². The molecule has 0 aromatic heterocycles. The van der Waals surface area contributed by atoms with Crippen LogP contribution in [0.4, 0.5) is 4.79 Å². The van der Waals surface area contributed by atoms with E-state index in [4.69, 9.17) is 0 Å². The molecule has 0 spiro atoms. The van der Waals surface area contributed by atoms with E-state index in [2.05, 4.69) is 17.2 Å². The summed E-state index contributed by atoms with van der Waals surface area (Å²) in [5, 5.41) is 3.50. The molecular formula is C10H21N3OS. The lowest BCUT2D eigenvalue weighted by atomic mass is 10.4. The van der Waals surface area contributed by atoms with Gasteiger partial charge in [-0.05, 0) is 13.3 Å². The van der Waals surface area contributed by atoms with Crippen molar-refractivity contribution in [2.45, 2.75) is 26.7 Å². The Hall–Kier alpha value is -0.710. The Kier molecular flexibility index (Phi) is 8.18. The molecule has 5 heteroatoms. The lowest BCUT2D eigenvalue weighted by molar-refractivity contribution is 0.222. The number of amides is 2. The molecule has 1 N–H and O–H groups in total. The third-order valence-electron chi connectivity index (χ3n) is 1.66. The smallest absolute Gasteiger partial charge is 0.322 e. The summed E-state index contributed by atoms with van der Waals surface area (Å²) in [5.41, 5.74) is 0. The van der Waals surface area contributed by atoms with Crippen LogP contribution in [0, 0.1) is 0 Å². The molecule has 0 aliphatic carbocycles. The molecule has 0 atom stereocenters. The van der Waals surface area contributed by atoms with Crippen molar-refractivity contribution in [2.75, 3.05) is 26.4 Å². The Balaban J connectivity index is 4.05. The molecule has 2 amide bonds. The molecule has 0 rings (SSSR count). The first-order valence-corrected chi connectivity index (χ1v) is 6.25. The summed E-state index contributed by atoms with van der Waals surface area (Å²) < 4.78 is 0. The molecular weight excluding hydrogens is 210 g/mol. The van der Waals surface area contributed by atoms with E-state index in [0.717, 1.165) is 23.8 Å². The predicted octanol–water partition coefficient (Wildman–Crippen LogP) is 2.17. The van der Waals surface area contributed by atoms with Crippen LogP contribution in [0.3, 0.4) is 0 Å². The van der Waals surface area contributed by atoms with Crippen molar-refractivity contribution in [3.8, 4) is 0 Å². The molecule has 0 heterocycles.